The van der Waals surface area contributed by atoms with Crippen molar-refractivity contribution in [3.63, 3.8) is 0 Å². The highest BCUT2D eigenvalue weighted by molar-refractivity contribution is 7.79. The number of carbonyl (C=O) groups excluding carboxylic acids is 1. The van der Waals surface area contributed by atoms with E-state index in [1.165, 1.54) is 5.57 Å². The van der Waals surface area contributed by atoms with E-state index in [2.05, 4.69) is 13.5 Å². The van der Waals surface area contributed by atoms with Gasteiger partial charge < -0.3 is 20.1 Å². The zero-order valence-corrected chi connectivity index (χ0v) is 18.2. The molecule has 3 rings (SSSR count). The van der Waals surface area contributed by atoms with Crippen molar-refractivity contribution in [1.29, 1.82) is 0 Å². The van der Waals surface area contributed by atoms with Crippen LogP contribution in [0.4, 0.5) is 0 Å². The fourth-order valence-corrected chi connectivity index (χ4v) is 5.69. The van der Waals surface area contributed by atoms with Crippen LogP contribution >= 0.6 is 0 Å². The summed E-state index contributed by atoms with van der Waals surface area (Å²) in [7, 11) is -4.67. The Kier molecular flexibility index (Phi) is 7.41. The number of rotatable bonds is 4. The Bertz CT molecular complexity index is 810. The van der Waals surface area contributed by atoms with Crippen LogP contribution in [0, 0.1) is 22.7 Å². The fraction of sp³-hybridized carbons (Fsp3) is 0.750. The second-order valence-corrected chi connectivity index (χ2v) is 9.91. The molecule has 2 fully saturated rings. The molecule has 1 heterocycles. The molecule has 0 radical (unpaired) electrons. The largest absolute Gasteiger partial charge is 0.508 e. The normalized spacial score (nSPS) is 36.7. The van der Waals surface area contributed by atoms with Gasteiger partial charge in [-0.15, -0.1) is 0 Å². The van der Waals surface area contributed by atoms with Crippen molar-refractivity contribution in [2.24, 2.45) is 22.7 Å². The van der Waals surface area contributed by atoms with Crippen molar-refractivity contribution >= 4 is 16.4 Å². The summed E-state index contributed by atoms with van der Waals surface area (Å²) >= 11 is 0. The van der Waals surface area contributed by atoms with Gasteiger partial charge in [0.25, 0.3) is 0 Å². The van der Waals surface area contributed by atoms with Crippen LogP contribution in [0.25, 0.3) is 0 Å². The minimum absolute atomic E-state index is 0.0194. The number of carbonyl (C=O) groups is 1. The van der Waals surface area contributed by atoms with Gasteiger partial charge in [-0.1, -0.05) is 26.0 Å². The van der Waals surface area contributed by atoms with Crippen molar-refractivity contribution in [3.8, 4) is 0 Å². The number of cyclic esters (lactones) is 1. The third-order valence-corrected chi connectivity index (χ3v) is 7.31. The first-order valence-electron chi connectivity index (χ1n) is 9.98. The van der Waals surface area contributed by atoms with E-state index in [4.69, 9.17) is 22.3 Å². The molecule has 1 aliphatic heterocycles. The van der Waals surface area contributed by atoms with Gasteiger partial charge in [0.05, 0.1) is 18.3 Å². The average Bonchev–Trinajstić information content (AvgIpc) is 2.95. The lowest BCUT2D eigenvalue weighted by atomic mass is 9.46. The average molecular weight is 449 g/mol. The van der Waals surface area contributed by atoms with Crippen LogP contribution in [0.3, 0.4) is 0 Å². The Labute approximate surface area is 177 Å². The highest BCUT2D eigenvalue weighted by Crippen LogP contribution is 2.61. The van der Waals surface area contributed by atoms with E-state index < -0.39 is 27.9 Å². The van der Waals surface area contributed by atoms with Crippen molar-refractivity contribution < 1.29 is 42.4 Å². The van der Waals surface area contributed by atoms with Crippen LogP contribution in [0.5, 0.6) is 0 Å². The zero-order chi connectivity index (χ0) is 22.9. The van der Waals surface area contributed by atoms with Gasteiger partial charge >= 0.3 is 16.4 Å². The molecule has 0 amide bonds. The van der Waals surface area contributed by atoms with Crippen molar-refractivity contribution in [2.75, 3.05) is 13.2 Å². The zero-order valence-electron chi connectivity index (χ0n) is 17.4. The second kappa shape index (κ2) is 8.96. The molecule has 0 spiro atoms. The molecule has 3 aliphatic rings. The predicted molar refractivity (Wildman–Crippen MR) is 108 cm³/mol. The number of fused-ring (bicyclic) bond motifs is 1. The smallest absolute Gasteiger partial charge is 0.394 e. The van der Waals surface area contributed by atoms with E-state index in [0.29, 0.717) is 18.4 Å². The van der Waals surface area contributed by atoms with Gasteiger partial charge in [-0.2, -0.15) is 8.42 Å². The first-order chi connectivity index (χ1) is 13.7. The van der Waals surface area contributed by atoms with Crippen molar-refractivity contribution in [3.05, 3.63) is 23.5 Å². The molecule has 5 N–H and O–H groups in total. The van der Waals surface area contributed by atoms with Crippen LogP contribution < -0.4 is 0 Å². The molecule has 30 heavy (non-hydrogen) atoms. The summed E-state index contributed by atoms with van der Waals surface area (Å²) in [6, 6.07) is 0. The van der Waals surface area contributed by atoms with Crippen LogP contribution in [-0.2, 0) is 19.9 Å². The van der Waals surface area contributed by atoms with Gasteiger partial charge in [0.15, 0.2) is 0 Å². The summed E-state index contributed by atoms with van der Waals surface area (Å²) in [5.74, 6) is 0.0490. The summed E-state index contributed by atoms with van der Waals surface area (Å²) in [6.45, 7) is 8.48. The Morgan fingerprint density at radius 3 is 2.33 bits per heavy atom. The van der Waals surface area contributed by atoms with Gasteiger partial charge in [0.1, 0.15) is 12.4 Å². The molecule has 0 saturated heterocycles. The number of ether oxygens (including phenoxy) is 1. The van der Waals surface area contributed by atoms with Crippen LogP contribution in [0.15, 0.2) is 23.5 Å². The summed E-state index contributed by atoms with van der Waals surface area (Å²) < 4.78 is 36.5. The first-order valence-corrected chi connectivity index (χ1v) is 11.4. The molecule has 0 unspecified atom stereocenters. The van der Waals surface area contributed by atoms with Gasteiger partial charge in [-0.25, -0.2) is 4.79 Å². The van der Waals surface area contributed by atoms with Crippen LogP contribution in [0.2, 0.25) is 0 Å². The Balaban J connectivity index is 0.000000575. The molecule has 0 bridgehead atoms. The summed E-state index contributed by atoms with van der Waals surface area (Å²) in [4.78, 5) is 11.8. The number of esters is 1. The predicted octanol–water partition coefficient (Wildman–Crippen LogP) is 2.22. The highest BCUT2D eigenvalue weighted by Gasteiger charge is 2.57. The molecule has 0 aromatic rings. The van der Waals surface area contributed by atoms with E-state index >= 15 is 0 Å². The lowest BCUT2D eigenvalue weighted by Gasteiger charge is -2.60. The SMILES string of the molecule is C=C1CC[C@@H]2[C@](C)(CO)[C@H](O)CC[C@@]2(C)[C@@H]1CCC1=C(O)COC1=O.O=S(=O)(O)O. The molecule has 5 atom stereocenters. The molecule has 2 aliphatic carbocycles. The van der Waals surface area contributed by atoms with Crippen molar-refractivity contribution in [1.82, 2.24) is 0 Å². The van der Waals surface area contributed by atoms with Crippen molar-refractivity contribution in [2.45, 2.75) is 58.5 Å². The van der Waals surface area contributed by atoms with Crippen LogP contribution in [-0.4, -0.2) is 58.1 Å². The second-order valence-electron chi connectivity index (χ2n) is 9.01. The Hall–Kier alpha value is -1.46. The molecule has 2 saturated carbocycles. The van der Waals surface area contributed by atoms with Gasteiger partial charge in [-0.05, 0) is 55.8 Å². The van der Waals surface area contributed by atoms with E-state index in [-0.39, 0.29) is 36.2 Å². The number of hydrogen-bond acceptors (Lipinski definition) is 7. The maximum absolute atomic E-state index is 11.8. The number of aliphatic hydroxyl groups is 3. The Morgan fingerprint density at radius 2 is 1.83 bits per heavy atom. The molecular formula is C20H32O9S. The molecule has 0 aromatic carbocycles. The quantitative estimate of drug-likeness (QED) is 0.247. The molecule has 10 heteroatoms. The van der Waals surface area contributed by atoms with Gasteiger partial charge in [0.2, 0.25) is 0 Å². The highest BCUT2D eigenvalue weighted by atomic mass is 32.3. The van der Waals surface area contributed by atoms with Gasteiger partial charge in [0, 0.05) is 5.41 Å². The standard InChI is InChI=1S/C20H30O5.H2O4S/c1-12-4-7-16-19(2,9-8-17(23)20(16,3)11-21)14(12)6-5-13-15(22)10-25-18(13)24;1-5(2,3)4/h14,16-17,21-23H,1,4-11H2,2-3H3;(H2,1,2,3,4)/t14-,16+,17-,19+,20+;/m1./s1. The minimum atomic E-state index is -4.67. The first kappa shape index (κ1) is 24.8. The minimum Gasteiger partial charge on any atom is -0.508 e. The third-order valence-electron chi connectivity index (χ3n) is 7.31. The van der Waals surface area contributed by atoms with E-state index in [9.17, 15) is 20.1 Å². The van der Waals surface area contributed by atoms with E-state index in [1.54, 1.807) is 0 Å². The fourth-order valence-electron chi connectivity index (χ4n) is 5.69. The summed E-state index contributed by atoms with van der Waals surface area (Å²) in [5.41, 5.74) is 1.01. The number of aliphatic hydroxyl groups excluding tert-OH is 3. The molecule has 172 valence electrons. The molecule has 0 aromatic heterocycles. The van der Waals surface area contributed by atoms with Gasteiger partial charge in [-0.3, -0.25) is 9.11 Å². The van der Waals surface area contributed by atoms with E-state index in [0.717, 1.165) is 25.7 Å². The maximum Gasteiger partial charge on any atom is 0.394 e. The molecule has 9 nitrogen and oxygen atoms in total. The summed E-state index contributed by atoms with van der Waals surface area (Å²) in [6.07, 6.45) is 4.09. The lowest BCUT2D eigenvalue weighted by Crippen LogP contribution is -2.57. The maximum atomic E-state index is 11.8. The number of hydrogen-bond donors (Lipinski definition) is 5. The topological polar surface area (TPSA) is 162 Å². The monoisotopic (exact) mass is 448 g/mol. The number of allylic oxidation sites excluding steroid dienone is 1. The Morgan fingerprint density at radius 1 is 1.23 bits per heavy atom. The molecular weight excluding hydrogens is 416 g/mol. The van der Waals surface area contributed by atoms with Crippen LogP contribution in [0.1, 0.15) is 52.4 Å². The third kappa shape index (κ3) is 5.05. The lowest BCUT2D eigenvalue weighted by molar-refractivity contribution is -0.152. The summed E-state index contributed by atoms with van der Waals surface area (Å²) in [5, 5.41) is 30.4. The van der Waals surface area contributed by atoms with E-state index in [1.807, 2.05) is 6.92 Å².